The van der Waals surface area contributed by atoms with Crippen molar-refractivity contribution in [3.05, 3.63) is 65.0 Å². The van der Waals surface area contributed by atoms with Crippen molar-refractivity contribution in [1.82, 2.24) is 14.8 Å². The molecule has 1 aliphatic rings. The predicted molar refractivity (Wildman–Crippen MR) is 131 cm³/mol. The van der Waals surface area contributed by atoms with Crippen molar-refractivity contribution in [2.45, 2.75) is 27.2 Å². The van der Waals surface area contributed by atoms with Crippen molar-refractivity contribution in [2.75, 3.05) is 40.2 Å². The molecule has 2 heterocycles. The van der Waals surface area contributed by atoms with Crippen LogP contribution in [0, 0.1) is 0 Å². The Hall–Kier alpha value is -2.50. The molecule has 1 aromatic heterocycles. The summed E-state index contributed by atoms with van der Waals surface area (Å²) in [6, 6.07) is 7.82. The van der Waals surface area contributed by atoms with Crippen LogP contribution in [0.2, 0.25) is 0 Å². The average Bonchev–Trinajstić information content (AvgIpc) is 3.38. The van der Waals surface area contributed by atoms with Gasteiger partial charge in [0.1, 0.15) is 18.1 Å². The van der Waals surface area contributed by atoms with Crippen molar-refractivity contribution in [3.63, 3.8) is 0 Å². The second-order valence-corrected chi connectivity index (χ2v) is 7.63. The number of carbonyl (C=O) groups is 1. The number of aromatic amines is 1. The van der Waals surface area contributed by atoms with E-state index in [1.165, 1.54) is 17.5 Å². The molecule has 0 saturated carbocycles. The van der Waals surface area contributed by atoms with Crippen molar-refractivity contribution in [3.8, 4) is 5.75 Å². The minimum atomic E-state index is 0.00304. The summed E-state index contributed by atoms with van der Waals surface area (Å²) in [5, 5.41) is 0.983. The monoisotopic (exact) mass is 443 g/mol. The number of alkyl halides is 1. The Bertz CT molecular complexity index is 986. The Morgan fingerprint density at radius 1 is 1.26 bits per heavy atom. The summed E-state index contributed by atoms with van der Waals surface area (Å²) in [5.41, 5.74) is 5.01. The molecule has 1 aromatic carbocycles. The van der Waals surface area contributed by atoms with Gasteiger partial charge in [0.25, 0.3) is 5.91 Å². The van der Waals surface area contributed by atoms with E-state index in [-0.39, 0.29) is 5.91 Å². The van der Waals surface area contributed by atoms with Crippen LogP contribution in [0.4, 0.5) is 0 Å². The van der Waals surface area contributed by atoms with Gasteiger partial charge in [-0.05, 0) is 77.2 Å². The van der Waals surface area contributed by atoms with Crippen molar-refractivity contribution in [1.29, 1.82) is 0 Å². The highest BCUT2D eigenvalue weighted by Crippen LogP contribution is 2.31. The molecular weight excluding hydrogens is 410 g/mol. The first-order valence-corrected chi connectivity index (χ1v) is 11.3. The van der Waals surface area contributed by atoms with E-state index in [4.69, 9.17) is 4.74 Å². The van der Waals surface area contributed by atoms with Crippen molar-refractivity contribution >= 4 is 28.4 Å². The molecule has 0 fully saturated rings. The highest BCUT2D eigenvalue weighted by atomic mass is 35.5. The molecule has 6 heteroatoms. The lowest BCUT2D eigenvalue weighted by atomic mass is 10.0. The third-order valence-electron chi connectivity index (χ3n) is 5.29. The molecular formula is C25H34ClN3O2. The van der Waals surface area contributed by atoms with Gasteiger partial charge in [0.15, 0.2) is 0 Å². The number of ether oxygens (including phenoxy) is 1. The predicted octanol–water partition coefficient (Wildman–Crippen LogP) is 5.61. The van der Waals surface area contributed by atoms with E-state index < -0.39 is 0 Å². The molecule has 0 radical (unpaired) electrons. The number of rotatable bonds is 7. The van der Waals surface area contributed by atoms with E-state index in [1.54, 1.807) is 0 Å². The second kappa shape index (κ2) is 11.8. The number of nitrogens with zero attached hydrogens (tertiary/aromatic N) is 2. The van der Waals surface area contributed by atoms with Gasteiger partial charge in [-0.25, -0.2) is 0 Å². The van der Waals surface area contributed by atoms with Gasteiger partial charge >= 0.3 is 0 Å². The third kappa shape index (κ3) is 6.02. The van der Waals surface area contributed by atoms with E-state index >= 15 is 0 Å². The Balaban J connectivity index is 0.00000166. The van der Waals surface area contributed by atoms with Crippen LogP contribution in [0.3, 0.4) is 0 Å². The lowest BCUT2D eigenvalue weighted by Crippen LogP contribution is -2.27. The number of amides is 1. The van der Waals surface area contributed by atoms with Crippen LogP contribution in [0.1, 0.15) is 37.7 Å². The number of hydrogen-bond donors (Lipinski definition) is 1. The molecule has 0 aliphatic carbocycles. The molecule has 1 N–H and O–H groups in total. The minimum Gasteiger partial charge on any atom is -0.492 e. The van der Waals surface area contributed by atoms with E-state index in [9.17, 15) is 4.79 Å². The Morgan fingerprint density at radius 2 is 2.00 bits per heavy atom. The maximum Gasteiger partial charge on any atom is 0.274 e. The Labute approximate surface area is 191 Å². The summed E-state index contributed by atoms with van der Waals surface area (Å²) >= 11 is 4.64. The molecule has 2 aromatic rings. The summed E-state index contributed by atoms with van der Waals surface area (Å²) < 4.78 is 5.82. The zero-order valence-corrected chi connectivity index (χ0v) is 20.2. The van der Waals surface area contributed by atoms with Crippen LogP contribution in [0.5, 0.6) is 5.75 Å². The second-order valence-electron chi connectivity index (χ2n) is 7.63. The van der Waals surface area contributed by atoms with Crippen LogP contribution in [-0.4, -0.2) is 60.9 Å². The molecule has 31 heavy (non-hydrogen) atoms. The van der Waals surface area contributed by atoms with Gasteiger partial charge in [-0.3, -0.25) is 4.79 Å². The number of likely N-dealkylation sites (N-methyl/N-ethyl adjacent to an activating group) is 1. The fourth-order valence-corrected chi connectivity index (χ4v) is 3.58. The molecule has 1 aliphatic heterocycles. The Kier molecular flexibility index (Phi) is 9.41. The molecule has 168 valence electrons. The molecule has 0 saturated heterocycles. The smallest absolute Gasteiger partial charge is 0.274 e. The molecule has 0 atom stereocenters. The molecule has 0 bridgehead atoms. The lowest BCUT2D eigenvalue weighted by Gasteiger charge is -2.18. The van der Waals surface area contributed by atoms with Gasteiger partial charge in [-0.15, -0.1) is 11.6 Å². The van der Waals surface area contributed by atoms with Gasteiger partial charge in [0, 0.05) is 36.1 Å². The lowest BCUT2D eigenvalue weighted by molar-refractivity contribution is 0.0818. The van der Waals surface area contributed by atoms with E-state index in [0.29, 0.717) is 18.8 Å². The number of aromatic nitrogens is 1. The zero-order valence-electron chi connectivity index (χ0n) is 19.5. The first-order valence-electron chi connectivity index (χ1n) is 10.5. The van der Waals surface area contributed by atoms with Crippen LogP contribution >= 0.6 is 11.6 Å². The number of carbonyl (C=O) groups excluding carboxylic acids is 1. The van der Waals surface area contributed by atoms with Crippen LogP contribution in [0.15, 0.2) is 59.3 Å². The highest BCUT2D eigenvalue weighted by Gasteiger charge is 2.28. The molecule has 3 rings (SSSR count). The molecule has 0 spiro atoms. The average molecular weight is 444 g/mol. The fraction of sp³-hybridized carbons (Fsp3) is 0.400. The summed E-state index contributed by atoms with van der Waals surface area (Å²) in [5.74, 6) is 0.822. The van der Waals surface area contributed by atoms with Gasteiger partial charge in [0.05, 0.1) is 0 Å². The summed E-state index contributed by atoms with van der Waals surface area (Å²) in [4.78, 5) is 20.5. The van der Waals surface area contributed by atoms with Crippen molar-refractivity contribution < 1.29 is 9.53 Å². The normalized spacial score (nSPS) is 14.6. The highest BCUT2D eigenvalue weighted by molar-refractivity contribution is 6.15. The van der Waals surface area contributed by atoms with Gasteiger partial charge in [-0.2, -0.15) is 0 Å². The largest absolute Gasteiger partial charge is 0.492 e. The fourth-order valence-electron chi connectivity index (χ4n) is 3.58. The van der Waals surface area contributed by atoms with Gasteiger partial charge in [0.2, 0.25) is 0 Å². The number of halogens is 1. The third-order valence-corrected chi connectivity index (χ3v) is 5.29. The summed E-state index contributed by atoms with van der Waals surface area (Å²) in [6.07, 6.45) is 8.48. The van der Waals surface area contributed by atoms with Crippen molar-refractivity contribution in [2.24, 2.45) is 0 Å². The van der Waals surface area contributed by atoms with Crippen LogP contribution in [-0.2, 0) is 0 Å². The topological polar surface area (TPSA) is 48.6 Å². The number of benzene rings is 1. The number of H-pyrrole nitrogens is 1. The van der Waals surface area contributed by atoms with E-state index in [2.05, 4.69) is 34.5 Å². The van der Waals surface area contributed by atoms with E-state index in [0.717, 1.165) is 35.3 Å². The van der Waals surface area contributed by atoms with Gasteiger partial charge in [-0.1, -0.05) is 17.7 Å². The van der Waals surface area contributed by atoms with Crippen LogP contribution < -0.4 is 4.74 Å². The number of nitrogens with one attached hydrogen (secondary N) is 1. The van der Waals surface area contributed by atoms with Gasteiger partial charge < -0.3 is 19.5 Å². The number of hydrogen-bond acceptors (Lipinski definition) is 3. The summed E-state index contributed by atoms with van der Waals surface area (Å²) in [7, 11) is 4.04. The molecule has 1 amide bonds. The molecule has 5 nitrogen and oxygen atoms in total. The van der Waals surface area contributed by atoms with E-state index in [1.807, 2.05) is 69.3 Å². The quantitative estimate of drug-likeness (QED) is 0.566. The maximum atomic E-state index is 13.3. The number of allylic oxidation sites excluding steroid dienone is 4. The SMILES string of the molecule is C/C=C\C1=C(C(/C)=C/C)CCN1C(=O)c1cc2cc(OCCN(C)C)ccc2[nH]1.CCl. The Morgan fingerprint density at radius 3 is 2.65 bits per heavy atom. The first-order chi connectivity index (χ1) is 14.9. The zero-order chi connectivity index (χ0) is 23.0. The number of fused-ring (bicyclic) bond motifs is 1. The summed E-state index contributed by atoms with van der Waals surface area (Å²) in [6.45, 7) is 8.32. The maximum absolute atomic E-state index is 13.3. The van der Waals surface area contributed by atoms with Crippen LogP contribution in [0.25, 0.3) is 10.9 Å². The standard InChI is InChI=1S/C24H31N3O2.CH3Cl/c1-6-8-23-20(17(3)7-2)11-12-27(23)24(28)22-16-18-15-19(9-10-21(18)25-22)29-14-13-26(4)5;1-2/h6-10,15-16,25H,11-14H2,1-5H3;1H3/b8-6-,17-7+;. The minimum absolute atomic E-state index is 0.00304. The molecule has 0 unspecified atom stereocenters. The first kappa shape index (κ1) is 24.8.